The molecule has 0 radical (unpaired) electrons. The van der Waals surface area contributed by atoms with Gasteiger partial charge in [-0.3, -0.25) is 4.79 Å². The molecule has 1 atom stereocenters. The van der Waals surface area contributed by atoms with Crippen LogP contribution in [0.15, 0.2) is 60.6 Å². The van der Waals surface area contributed by atoms with E-state index in [0.717, 1.165) is 11.3 Å². The molecular formula is C19H24N4O2. The van der Waals surface area contributed by atoms with Gasteiger partial charge in [0.2, 0.25) is 0 Å². The van der Waals surface area contributed by atoms with Crippen LogP contribution in [0.25, 0.3) is 0 Å². The minimum absolute atomic E-state index is 0.207. The Bertz CT molecular complexity index is 778. The van der Waals surface area contributed by atoms with Crippen LogP contribution in [0.1, 0.15) is 34.9 Å². The van der Waals surface area contributed by atoms with Crippen LogP contribution in [0.3, 0.4) is 0 Å². The predicted molar refractivity (Wildman–Crippen MR) is 97.8 cm³/mol. The van der Waals surface area contributed by atoms with Crippen molar-refractivity contribution >= 4 is 5.91 Å². The molecule has 0 aliphatic rings. The average molecular weight is 340 g/mol. The van der Waals surface area contributed by atoms with Crippen molar-refractivity contribution in [2.75, 3.05) is 14.1 Å². The molecule has 1 aromatic carbocycles. The van der Waals surface area contributed by atoms with E-state index in [1.807, 2.05) is 49.4 Å². The van der Waals surface area contributed by atoms with Crippen LogP contribution in [0.4, 0.5) is 0 Å². The van der Waals surface area contributed by atoms with E-state index in [0.29, 0.717) is 11.5 Å². The maximum Gasteiger partial charge on any atom is 0.276 e. The van der Waals surface area contributed by atoms with Crippen molar-refractivity contribution < 1.29 is 9.90 Å². The Labute approximate surface area is 148 Å². The maximum atomic E-state index is 12.8. The number of aromatic nitrogens is 2. The molecular weight excluding hydrogens is 316 g/mol. The zero-order chi connectivity index (χ0) is 18.4. The molecule has 1 heterocycles. The molecule has 0 aliphatic heterocycles. The summed E-state index contributed by atoms with van der Waals surface area (Å²) >= 11 is 0. The highest BCUT2D eigenvalue weighted by Gasteiger charge is 2.23. The van der Waals surface area contributed by atoms with Crippen LogP contribution in [0, 0.1) is 0 Å². The van der Waals surface area contributed by atoms with Crippen molar-refractivity contribution in [3.63, 3.8) is 0 Å². The number of carbonyl (C=O) groups excluding carboxylic acids is 1. The van der Waals surface area contributed by atoms with Gasteiger partial charge in [-0.1, -0.05) is 36.4 Å². The third kappa shape index (κ3) is 3.97. The van der Waals surface area contributed by atoms with Gasteiger partial charge in [0.1, 0.15) is 17.6 Å². The lowest BCUT2D eigenvalue weighted by atomic mass is 10.1. The highest BCUT2D eigenvalue weighted by atomic mass is 16.3. The number of nitrogens with one attached hydrogen (secondary N) is 1. The standard InChI is InChI=1S/C19H24N4O2/c1-5-9-15(12-20-2)22(3)19(25)16-13-21-18(23(16)4)17(24)14-10-7-6-8-11-14/h5-13,17,20,24H,1-4H3/b9-5-,15-12+. The first-order chi connectivity index (χ1) is 12.0. The number of amides is 1. The SMILES string of the molecule is C/C=C\C(=C/NC)N(C)C(=O)c1cnc(C(O)c2ccccc2)n1C. The van der Waals surface area contributed by atoms with E-state index in [4.69, 9.17) is 0 Å². The van der Waals surface area contributed by atoms with Crippen LogP contribution in [-0.4, -0.2) is 39.6 Å². The molecule has 132 valence electrons. The van der Waals surface area contributed by atoms with E-state index in [9.17, 15) is 9.90 Å². The Balaban J connectivity index is 2.31. The van der Waals surface area contributed by atoms with Crippen molar-refractivity contribution in [1.82, 2.24) is 19.8 Å². The molecule has 2 aromatic rings. The zero-order valence-electron chi connectivity index (χ0n) is 15.0. The number of imidazole rings is 1. The molecule has 25 heavy (non-hydrogen) atoms. The second kappa shape index (κ2) is 8.30. The summed E-state index contributed by atoms with van der Waals surface area (Å²) in [7, 11) is 5.21. The van der Waals surface area contributed by atoms with E-state index in [2.05, 4.69) is 10.3 Å². The Kier molecular flexibility index (Phi) is 6.14. The minimum Gasteiger partial charge on any atom is -0.392 e. The van der Waals surface area contributed by atoms with E-state index < -0.39 is 6.10 Å². The number of benzene rings is 1. The molecule has 6 nitrogen and oxygen atoms in total. The Hall–Kier alpha value is -2.86. The number of hydrogen-bond donors (Lipinski definition) is 2. The van der Waals surface area contributed by atoms with Crippen molar-refractivity contribution in [1.29, 1.82) is 0 Å². The monoisotopic (exact) mass is 340 g/mol. The van der Waals surface area contributed by atoms with Gasteiger partial charge in [0.05, 0.1) is 11.9 Å². The molecule has 6 heteroatoms. The van der Waals surface area contributed by atoms with Gasteiger partial charge in [0.25, 0.3) is 5.91 Å². The molecule has 1 amide bonds. The molecule has 0 saturated heterocycles. The summed E-state index contributed by atoms with van der Waals surface area (Å²) in [5.74, 6) is 0.217. The molecule has 1 aromatic heterocycles. The van der Waals surface area contributed by atoms with Gasteiger partial charge in [-0.15, -0.1) is 0 Å². The van der Waals surface area contributed by atoms with Gasteiger partial charge < -0.3 is 19.9 Å². The van der Waals surface area contributed by atoms with E-state index in [1.54, 1.807) is 31.9 Å². The van der Waals surface area contributed by atoms with Crippen LogP contribution in [0.2, 0.25) is 0 Å². The first-order valence-corrected chi connectivity index (χ1v) is 8.04. The molecule has 2 N–H and O–H groups in total. The minimum atomic E-state index is -0.888. The highest BCUT2D eigenvalue weighted by Crippen LogP contribution is 2.22. The van der Waals surface area contributed by atoms with E-state index >= 15 is 0 Å². The third-order valence-corrected chi connectivity index (χ3v) is 3.92. The number of nitrogens with zero attached hydrogens (tertiary/aromatic N) is 3. The first kappa shape index (κ1) is 18.5. The van der Waals surface area contributed by atoms with Crippen LogP contribution in [-0.2, 0) is 7.05 Å². The van der Waals surface area contributed by atoms with Gasteiger partial charge in [-0.2, -0.15) is 0 Å². The predicted octanol–water partition coefficient (Wildman–Crippen LogP) is 2.21. The summed E-state index contributed by atoms with van der Waals surface area (Å²) < 4.78 is 1.63. The highest BCUT2D eigenvalue weighted by molar-refractivity contribution is 5.93. The quantitative estimate of drug-likeness (QED) is 0.791. The second-order valence-electron chi connectivity index (χ2n) is 5.60. The Morgan fingerprint density at radius 3 is 2.64 bits per heavy atom. The Morgan fingerprint density at radius 2 is 2.04 bits per heavy atom. The summed E-state index contributed by atoms with van der Waals surface area (Å²) in [5, 5.41) is 13.5. The number of aliphatic hydroxyl groups excluding tert-OH is 1. The van der Waals surface area contributed by atoms with Crippen LogP contribution >= 0.6 is 0 Å². The van der Waals surface area contributed by atoms with Gasteiger partial charge in [-0.25, -0.2) is 4.98 Å². The summed E-state index contributed by atoms with van der Waals surface area (Å²) in [6.07, 6.45) is 6.05. The van der Waals surface area contributed by atoms with Crippen LogP contribution in [0.5, 0.6) is 0 Å². The maximum absolute atomic E-state index is 12.8. The molecule has 0 fully saturated rings. The fraction of sp³-hybridized carbons (Fsp3) is 0.263. The molecule has 2 rings (SSSR count). The molecule has 1 unspecified atom stereocenters. The van der Waals surface area contributed by atoms with E-state index in [-0.39, 0.29) is 5.91 Å². The lowest BCUT2D eigenvalue weighted by Gasteiger charge is -2.19. The molecule has 0 spiro atoms. The summed E-state index contributed by atoms with van der Waals surface area (Å²) in [6, 6.07) is 9.25. The number of likely N-dealkylation sites (N-methyl/N-ethyl adjacent to an activating group) is 1. The van der Waals surface area contributed by atoms with Gasteiger partial charge in [0.15, 0.2) is 0 Å². The molecule has 0 bridgehead atoms. The third-order valence-electron chi connectivity index (χ3n) is 3.92. The first-order valence-electron chi connectivity index (χ1n) is 8.04. The lowest BCUT2D eigenvalue weighted by Crippen LogP contribution is -2.28. The Morgan fingerprint density at radius 1 is 1.36 bits per heavy atom. The van der Waals surface area contributed by atoms with Crippen molar-refractivity contribution in [2.45, 2.75) is 13.0 Å². The van der Waals surface area contributed by atoms with Gasteiger partial charge >= 0.3 is 0 Å². The van der Waals surface area contributed by atoms with E-state index in [1.165, 1.54) is 11.1 Å². The zero-order valence-corrected chi connectivity index (χ0v) is 15.0. The fourth-order valence-corrected chi connectivity index (χ4v) is 2.53. The lowest BCUT2D eigenvalue weighted by molar-refractivity contribution is 0.0830. The topological polar surface area (TPSA) is 70.4 Å². The number of rotatable bonds is 6. The van der Waals surface area contributed by atoms with Crippen LogP contribution < -0.4 is 5.32 Å². The average Bonchev–Trinajstić information content (AvgIpc) is 3.01. The normalized spacial score (nSPS) is 13.1. The van der Waals surface area contributed by atoms with Gasteiger partial charge in [0, 0.05) is 27.3 Å². The largest absolute Gasteiger partial charge is 0.392 e. The number of carbonyl (C=O) groups is 1. The van der Waals surface area contributed by atoms with Crippen molar-refractivity contribution in [3.8, 4) is 0 Å². The smallest absolute Gasteiger partial charge is 0.276 e. The number of aliphatic hydroxyl groups is 1. The summed E-state index contributed by atoms with van der Waals surface area (Å²) in [4.78, 5) is 18.6. The molecule has 0 aliphatic carbocycles. The summed E-state index contributed by atoms with van der Waals surface area (Å²) in [6.45, 7) is 1.89. The fourth-order valence-electron chi connectivity index (χ4n) is 2.53. The van der Waals surface area contributed by atoms with Crippen molar-refractivity contribution in [3.05, 3.63) is 77.7 Å². The second-order valence-corrected chi connectivity index (χ2v) is 5.60. The number of allylic oxidation sites excluding steroid dienone is 2. The van der Waals surface area contributed by atoms with Crippen molar-refractivity contribution in [2.24, 2.45) is 7.05 Å². The number of hydrogen-bond acceptors (Lipinski definition) is 4. The molecule has 0 saturated carbocycles. The summed E-state index contributed by atoms with van der Waals surface area (Å²) in [5.41, 5.74) is 1.86. The van der Waals surface area contributed by atoms with Gasteiger partial charge in [-0.05, 0) is 18.6 Å².